The number of nitrogens with zero attached hydrogens (tertiary/aromatic N) is 4. The number of nitrogens with one attached hydrogen (secondary N) is 3. The Hall–Kier alpha value is -3.51. The minimum absolute atomic E-state index is 0.220. The smallest absolute Gasteiger partial charge is 0.158 e. The average molecular weight is 365 g/mol. The van der Waals surface area contributed by atoms with Crippen LogP contribution >= 0.6 is 0 Å². The third kappa shape index (κ3) is 3.70. The van der Waals surface area contributed by atoms with Crippen LogP contribution in [0.15, 0.2) is 36.7 Å². The summed E-state index contributed by atoms with van der Waals surface area (Å²) in [7, 11) is 0. The van der Waals surface area contributed by atoms with Crippen LogP contribution in [-0.2, 0) is 0 Å². The summed E-state index contributed by atoms with van der Waals surface area (Å²) in [5.41, 5.74) is 1.04. The number of hydrogen-bond donors (Lipinski definition) is 3. The number of rotatable bonds is 6. The maximum atomic E-state index is 14.5. The molecule has 3 aromatic rings. The molecule has 136 valence electrons. The van der Waals surface area contributed by atoms with Gasteiger partial charge in [0.05, 0.1) is 30.3 Å². The van der Waals surface area contributed by atoms with Gasteiger partial charge in [-0.15, -0.1) is 0 Å². The van der Waals surface area contributed by atoms with Gasteiger partial charge in [-0.3, -0.25) is 5.10 Å². The maximum absolute atomic E-state index is 14.5. The SMILES string of the molecule is N#Cc1cnc(Nc2cc(-c3c(F)cccc3OCC3CNC3)[nH]n2)cn1. The predicted octanol–water partition coefficient (Wildman–Crippen LogP) is 2.22. The lowest BCUT2D eigenvalue weighted by Gasteiger charge is -2.27. The molecule has 3 heterocycles. The lowest BCUT2D eigenvalue weighted by molar-refractivity contribution is 0.199. The maximum Gasteiger partial charge on any atom is 0.158 e. The Kier molecular flexibility index (Phi) is 4.63. The molecule has 0 spiro atoms. The van der Waals surface area contributed by atoms with Gasteiger partial charge in [0.15, 0.2) is 11.5 Å². The predicted molar refractivity (Wildman–Crippen MR) is 95.9 cm³/mol. The highest BCUT2D eigenvalue weighted by Crippen LogP contribution is 2.33. The zero-order valence-electron chi connectivity index (χ0n) is 14.2. The molecule has 0 amide bonds. The molecule has 1 aliphatic rings. The van der Waals surface area contributed by atoms with Crippen LogP contribution in [0.3, 0.4) is 0 Å². The second-order valence-electron chi connectivity index (χ2n) is 6.14. The molecule has 0 bridgehead atoms. The monoisotopic (exact) mass is 365 g/mol. The molecular weight excluding hydrogens is 349 g/mol. The third-order valence-electron chi connectivity index (χ3n) is 4.19. The average Bonchev–Trinajstić information content (AvgIpc) is 3.09. The highest BCUT2D eigenvalue weighted by molar-refractivity contribution is 5.71. The molecule has 1 fully saturated rings. The summed E-state index contributed by atoms with van der Waals surface area (Å²) < 4.78 is 20.3. The highest BCUT2D eigenvalue weighted by atomic mass is 19.1. The van der Waals surface area contributed by atoms with Crippen molar-refractivity contribution in [2.45, 2.75) is 0 Å². The minimum Gasteiger partial charge on any atom is -0.492 e. The fraction of sp³-hybridized carbons (Fsp3) is 0.222. The van der Waals surface area contributed by atoms with Gasteiger partial charge in [-0.1, -0.05) is 6.07 Å². The molecule has 0 radical (unpaired) electrons. The Labute approximate surface area is 154 Å². The summed E-state index contributed by atoms with van der Waals surface area (Å²) in [6, 6.07) is 8.31. The number of halogens is 1. The van der Waals surface area contributed by atoms with Crippen LogP contribution < -0.4 is 15.4 Å². The Morgan fingerprint density at radius 3 is 2.85 bits per heavy atom. The van der Waals surface area contributed by atoms with Crippen molar-refractivity contribution in [1.29, 1.82) is 5.26 Å². The van der Waals surface area contributed by atoms with Gasteiger partial charge in [0.2, 0.25) is 0 Å². The summed E-state index contributed by atoms with van der Waals surface area (Å²) in [6.45, 7) is 2.35. The molecule has 2 aromatic heterocycles. The molecule has 1 aliphatic heterocycles. The number of benzene rings is 1. The van der Waals surface area contributed by atoms with Crippen LogP contribution in [0.4, 0.5) is 16.0 Å². The van der Waals surface area contributed by atoms with Crippen molar-refractivity contribution in [2.75, 3.05) is 25.0 Å². The van der Waals surface area contributed by atoms with Crippen LogP contribution in [0.2, 0.25) is 0 Å². The van der Waals surface area contributed by atoms with Gasteiger partial charge in [-0.2, -0.15) is 10.4 Å². The Morgan fingerprint density at radius 2 is 2.15 bits per heavy atom. The number of hydrogen-bond acceptors (Lipinski definition) is 7. The van der Waals surface area contributed by atoms with E-state index < -0.39 is 5.82 Å². The summed E-state index contributed by atoms with van der Waals surface area (Å²) in [6.07, 6.45) is 2.78. The molecule has 4 rings (SSSR count). The number of anilines is 2. The second-order valence-corrected chi connectivity index (χ2v) is 6.14. The molecule has 3 N–H and O–H groups in total. The van der Waals surface area contributed by atoms with E-state index in [9.17, 15) is 4.39 Å². The number of aromatic amines is 1. The van der Waals surface area contributed by atoms with Crippen LogP contribution in [0.25, 0.3) is 11.3 Å². The van der Waals surface area contributed by atoms with E-state index in [0.717, 1.165) is 13.1 Å². The fourth-order valence-corrected chi connectivity index (χ4v) is 2.66. The number of H-pyrrole nitrogens is 1. The first-order valence-corrected chi connectivity index (χ1v) is 8.40. The van der Waals surface area contributed by atoms with E-state index in [2.05, 4.69) is 30.8 Å². The molecule has 0 saturated carbocycles. The van der Waals surface area contributed by atoms with Crippen molar-refractivity contribution < 1.29 is 9.13 Å². The topological polar surface area (TPSA) is 112 Å². The largest absolute Gasteiger partial charge is 0.492 e. The lowest BCUT2D eigenvalue weighted by atomic mass is 10.1. The van der Waals surface area contributed by atoms with Crippen molar-refractivity contribution in [3.63, 3.8) is 0 Å². The van der Waals surface area contributed by atoms with E-state index in [1.54, 1.807) is 18.2 Å². The first-order valence-electron chi connectivity index (χ1n) is 8.40. The van der Waals surface area contributed by atoms with Gasteiger partial charge in [0.1, 0.15) is 23.5 Å². The van der Waals surface area contributed by atoms with Crippen molar-refractivity contribution in [3.8, 4) is 23.1 Å². The molecule has 0 unspecified atom stereocenters. The van der Waals surface area contributed by atoms with Gasteiger partial charge < -0.3 is 15.4 Å². The molecular formula is C18H16FN7O. The van der Waals surface area contributed by atoms with Crippen molar-refractivity contribution in [2.24, 2.45) is 5.92 Å². The van der Waals surface area contributed by atoms with E-state index in [-0.39, 0.29) is 5.69 Å². The normalized spacial score (nSPS) is 13.6. The molecule has 8 nitrogen and oxygen atoms in total. The molecule has 0 atom stereocenters. The van der Waals surface area contributed by atoms with E-state index in [1.807, 2.05) is 6.07 Å². The quantitative estimate of drug-likeness (QED) is 0.614. The van der Waals surface area contributed by atoms with Crippen LogP contribution in [-0.4, -0.2) is 39.9 Å². The highest BCUT2D eigenvalue weighted by Gasteiger charge is 2.20. The molecule has 27 heavy (non-hydrogen) atoms. The van der Waals surface area contributed by atoms with E-state index >= 15 is 0 Å². The first kappa shape index (κ1) is 16.9. The van der Waals surface area contributed by atoms with Crippen molar-refractivity contribution in [1.82, 2.24) is 25.5 Å². The van der Waals surface area contributed by atoms with Crippen molar-refractivity contribution >= 4 is 11.6 Å². The summed E-state index contributed by atoms with van der Waals surface area (Å²) in [4.78, 5) is 8.00. The van der Waals surface area contributed by atoms with Crippen LogP contribution in [0, 0.1) is 23.1 Å². The number of nitriles is 1. The number of aromatic nitrogens is 4. The first-order chi connectivity index (χ1) is 13.2. The van der Waals surface area contributed by atoms with E-state index in [1.165, 1.54) is 18.5 Å². The molecule has 9 heteroatoms. The third-order valence-corrected chi connectivity index (χ3v) is 4.19. The molecule has 1 saturated heterocycles. The Balaban J connectivity index is 1.54. The van der Waals surface area contributed by atoms with E-state index in [4.69, 9.17) is 10.00 Å². The van der Waals surface area contributed by atoms with Crippen LogP contribution in [0.5, 0.6) is 5.75 Å². The number of ether oxygens (including phenoxy) is 1. The van der Waals surface area contributed by atoms with Crippen LogP contribution in [0.1, 0.15) is 5.69 Å². The summed E-state index contributed by atoms with van der Waals surface area (Å²) in [5, 5.41) is 21.8. The summed E-state index contributed by atoms with van der Waals surface area (Å²) in [5.74, 6) is 1.38. The van der Waals surface area contributed by atoms with Gasteiger partial charge >= 0.3 is 0 Å². The van der Waals surface area contributed by atoms with Gasteiger partial charge in [-0.25, -0.2) is 14.4 Å². The Morgan fingerprint density at radius 1 is 1.26 bits per heavy atom. The standard InChI is InChI=1S/C18H16FN7O/c19-13-2-1-3-15(27-10-11-6-21-7-11)18(13)14-4-16(26-25-14)24-17-9-22-12(5-20)8-23-17/h1-4,8-9,11,21H,6-7,10H2,(H2,23,24,25,26). The van der Waals surface area contributed by atoms with Gasteiger partial charge in [0.25, 0.3) is 0 Å². The minimum atomic E-state index is -0.396. The second kappa shape index (κ2) is 7.39. The fourth-order valence-electron chi connectivity index (χ4n) is 2.66. The van der Waals surface area contributed by atoms with Gasteiger partial charge in [0, 0.05) is 25.1 Å². The zero-order chi connectivity index (χ0) is 18.6. The lowest BCUT2D eigenvalue weighted by Crippen LogP contribution is -2.45. The molecule has 0 aliphatic carbocycles. The summed E-state index contributed by atoms with van der Waals surface area (Å²) >= 11 is 0. The zero-order valence-corrected chi connectivity index (χ0v) is 14.2. The van der Waals surface area contributed by atoms with Crippen molar-refractivity contribution in [3.05, 3.63) is 48.2 Å². The Bertz CT molecular complexity index is 976. The van der Waals surface area contributed by atoms with Gasteiger partial charge in [-0.05, 0) is 12.1 Å². The molecule has 1 aromatic carbocycles. The van der Waals surface area contributed by atoms with E-state index in [0.29, 0.717) is 41.2 Å².